The van der Waals surface area contributed by atoms with Crippen LogP contribution in [-0.4, -0.2) is 24.5 Å². The third kappa shape index (κ3) is 1.73. The van der Waals surface area contributed by atoms with Gasteiger partial charge in [-0.05, 0) is 56.0 Å². The van der Waals surface area contributed by atoms with E-state index in [1.807, 2.05) is 0 Å². The lowest BCUT2D eigenvalue weighted by Crippen LogP contribution is -2.37. The second-order valence-electron chi connectivity index (χ2n) is 6.20. The van der Waals surface area contributed by atoms with Gasteiger partial charge < -0.3 is 4.90 Å². The highest BCUT2D eigenvalue weighted by molar-refractivity contribution is 5.02. The Bertz CT molecular complexity index is 225. The van der Waals surface area contributed by atoms with Gasteiger partial charge in [0.05, 0.1) is 0 Å². The van der Waals surface area contributed by atoms with E-state index in [0.717, 1.165) is 35.6 Å². The molecule has 0 radical (unpaired) electrons. The highest BCUT2D eigenvalue weighted by Crippen LogP contribution is 2.54. The molecule has 1 heteroatoms. The van der Waals surface area contributed by atoms with Crippen LogP contribution in [0.4, 0.5) is 0 Å². The Morgan fingerprint density at radius 1 is 0.933 bits per heavy atom. The zero-order chi connectivity index (χ0) is 11.2. The molecule has 6 unspecified atom stereocenters. The molecule has 0 aromatic carbocycles. The predicted octanol–water partition coefficient (Wildman–Crippen LogP) is 3.25. The van der Waals surface area contributed by atoms with Gasteiger partial charge in [0.1, 0.15) is 0 Å². The predicted molar refractivity (Wildman–Crippen MR) is 65.8 cm³/mol. The average Bonchev–Trinajstić information content (AvgIpc) is 2.67. The summed E-state index contributed by atoms with van der Waals surface area (Å²) >= 11 is 0. The summed E-state index contributed by atoms with van der Waals surface area (Å²) in [5.74, 6) is 4.87. The molecule has 2 aliphatic carbocycles. The van der Waals surface area contributed by atoms with E-state index in [0.29, 0.717) is 0 Å². The van der Waals surface area contributed by atoms with Gasteiger partial charge >= 0.3 is 0 Å². The van der Waals surface area contributed by atoms with Crippen molar-refractivity contribution in [3.8, 4) is 0 Å². The Hall–Kier alpha value is -0.0400. The molecular formula is C14H27N. The third-order valence-electron chi connectivity index (χ3n) is 5.28. The second kappa shape index (κ2) is 4.08. The van der Waals surface area contributed by atoms with Crippen molar-refractivity contribution in [2.24, 2.45) is 29.6 Å². The Morgan fingerprint density at radius 2 is 1.47 bits per heavy atom. The summed E-state index contributed by atoms with van der Waals surface area (Å²) in [4.78, 5) is 2.59. The monoisotopic (exact) mass is 209 g/mol. The van der Waals surface area contributed by atoms with E-state index in [4.69, 9.17) is 0 Å². The van der Waals surface area contributed by atoms with E-state index < -0.39 is 0 Å². The van der Waals surface area contributed by atoms with Crippen LogP contribution in [0.5, 0.6) is 0 Å². The highest BCUT2D eigenvalue weighted by atomic mass is 15.1. The zero-order valence-electron chi connectivity index (χ0n) is 11.0. The minimum absolute atomic E-state index is 0.870. The number of hydrogen-bond acceptors (Lipinski definition) is 1. The molecule has 0 saturated heterocycles. The number of rotatable bonds is 2. The Kier molecular flexibility index (Phi) is 3.12. The molecule has 0 aromatic rings. The molecule has 0 amide bonds. The summed E-state index contributed by atoms with van der Waals surface area (Å²) < 4.78 is 0. The Labute approximate surface area is 95.2 Å². The summed E-state index contributed by atoms with van der Waals surface area (Å²) in [5.41, 5.74) is 0. The molecule has 2 fully saturated rings. The average molecular weight is 209 g/mol. The van der Waals surface area contributed by atoms with Crippen LogP contribution < -0.4 is 0 Å². The molecule has 0 spiro atoms. The minimum atomic E-state index is 0.870. The van der Waals surface area contributed by atoms with Gasteiger partial charge in [-0.15, -0.1) is 0 Å². The fraction of sp³-hybridized carbons (Fsp3) is 1.00. The molecule has 0 aliphatic heterocycles. The normalized spacial score (nSPS) is 50.0. The van der Waals surface area contributed by atoms with Crippen LogP contribution in [0.25, 0.3) is 0 Å². The molecule has 0 aromatic heterocycles. The number of fused-ring (bicyclic) bond motifs is 1. The molecule has 0 heterocycles. The van der Waals surface area contributed by atoms with Crippen molar-refractivity contribution < 1.29 is 0 Å². The van der Waals surface area contributed by atoms with E-state index >= 15 is 0 Å². The van der Waals surface area contributed by atoms with Crippen LogP contribution in [0.15, 0.2) is 0 Å². The highest BCUT2D eigenvalue weighted by Gasteiger charge is 2.51. The fourth-order valence-electron chi connectivity index (χ4n) is 4.64. The first kappa shape index (κ1) is 11.4. The topological polar surface area (TPSA) is 3.24 Å². The van der Waals surface area contributed by atoms with Crippen molar-refractivity contribution in [1.82, 2.24) is 4.90 Å². The fourth-order valence-corrected chi connectivity index (χ4v) is 4.64. The largest absolute Gasteiger partial charge is 0.303 e. The standard InChI is InChI=1S/C14H27N/c1-6-15(5)12-8-11(4)13-9(2)7-10(3)14(12)13/h9-14H,6-8H2,1-5H3. The first-order chi connectivity index (χ1) is 7.06. The summed E-state index contributed by atoms with van der Waals surface area (Å²) in [6.07, 6.45) is 2.90. The first-order valence-electron chi connectivity index (χ1n) is 6.76. The number of nitrogens with zero attached hydrogens (tertiary/aromatic N) is 1. The molecule has 0 bridgehead atoms. The molecular weight excluding hydrogens is 182 g/mol. The van der Waals surface area contributed by atoms with E-state index in [-0.39, 0.29) is 0 Å². The molecule has 2 aliphatic rings. The van der Waals surface area contributed by atoms with E-state index in [9.17, 15) is 0 Å². The van der Waals surface area contributed by atoms with Gasteiger partial charge in [0.2, 0.25) is 0 Å². The van der Waals surface area contributed by atoms with Crippen LogP contribution in [-0.2, 0) is 0 Å². The molecule has 0 N–H and O–H groups in total. The summed E-state index contributed by atoms with van der Waals surface area (Å²) in [5, 5.41) is 0. The third-order valence-corrected chi connectivity index (χ3v) is 5.28. The molecule has 2 saturated carbocycles. The van der Waals surface area contributed by atoms with Crippen molar-refractivity contribution in [3.05, 3.63) is 0 Å². The Morgan fingerprint density at radius 3 is 2.07 bits per heavy atom. The van der Waals surface area contributed by atoms with Gasteiger partial charge in [-0.3, -0.25) is 0 Å². The van der Waals surface area contributed by atoms with Crippen molar-refractivity contribution in [3.63, 3.8) is 0 Å². The number of hydrogen-bond donors (Lipinski definition) is 0. The maximum absolute atomic E-state index is 2.59. The summed E-state index contributed by atoms with van der Waals surface area (Å²) in [6, 6.07) is 0.870. The van der Waals surface area contributed by atoms with Gasteiger partial charge in [0.25, 0.3) is 0 Å². The lowest BCUT2D eigenvalue weighted by molar-refractivity contribution is 0.168. The van der Waals surface area contributed by atoms with Gasteiger partial charge in [0, 0.05) is 6.04 Å². The lowest BCUT2D eigenvalue weighted by atomic mass is 9.85. The van der Waals surface area contributed by atoms with E-state index in [1.165, 1.54) is 19.4 Å². The van der Waals surface area contributed by atoms with Crippen LogP contribution in [0.1, 0.15) is 40.5 Å². The van der Waals surface area contributed by atoms with Gasteiger partial charge in [-0.1, -0.05) is 27.7 Å². The molecule has 6 atom stereocenters. The second-order valence-corrected chi connectivity index (χ2v) is 6.20. The van der Waals surface area contributed by atoms with Crippen LogP contribution >= 0.6 is 0 Å². The van der Waals surface area contributed by atoms with Crippen LogP contribution in [0.3, 0.4) is 0 Å². The maximum atomic E-state index is 2.59. The van der Waals surface area contributed by atoms with Crippen molar-refractivity contribution in [2.45, 2.75) is 46.6 Å². The SMILES string of the molecule is CCN(C)C1CC(C)C2C(C)CC(C)C21. The molecule has 88 valence electrons. The minimum Gasteiger partial charge on any atom is -0.303 e. The van der Waals surface area contributed by atoms with Crippen molar-refractivity contribution >= 4 is 0 Å². The van der Waals surface area contributed by atoms with E-state index in [2.05, 4.69) is 39.6 Å². The zero-order valence-corrected chi connectivity index (χ0v) is 11.0. The van der Waals surface area contributed by atoms with Crippen LogP contribution in [0, 0.1) is 29.6 Å². The molecule has 15 heavy (non-hydrogen) atoms. The first-order valence-corrected chi connectivity index (χ1v) is 6.76. The lowest BCUT2D eigenvalue weighted by Gasteiger charge is -2.31. The van der Waals surface area contributed by atoms with Gasteiger partial charge in [-0.25, -0.2) is 0 Å². The van der Waals surface area contributed by atoms with Crippen molar-refractivity contribution in [1.29, 1.82) is 0 Å². The Balaban J connectivity index is 2.17. The van der Waals surface area contributed by atoms with Crippen LogP contribution in [0.2, 0.25) is 0 Å². The quantitative estimate of drug-likeness (QED) is 0.675. The van der Waals surface area contributed by atoms with E-state index in [1.54, 1.807) is 0 Å². The summed E-state index contributed by atoms with van der Waals surface area (Å²) in [6.45, 7) is 10.9. The smallest absolute Gasteiger partial charge is 0.0128 e. The molecule has 1 nitrogen and oxygen atoms in total. The van der Waals surface area contributed by atoms with Gasteiger partial charge in [-0.2, -0.15) is 0 Å². The van der Waals surface area contributed by atoms with Gasteiger partial charge in [0.15, 0.2) is 0 Å². The maximum Gasteiger partial charge on any atom is 0.0128 e. The summed E-state index contributed by atoms with van der Waals surface area (Å²) in [7, 11) is 2.31. The van der Waals surface area contributed by atoms with Crippen molar-refractivity contribution in [2.75, 3.05) is 13.6 Å². The molecule has 2 rings (SSSR count).